The molecule has 1 fully saturated rings. The van der Waals surface area contributed by atoms with Crippen LogP contribution in [-0.4, -0.2) is 12.2 Å². The molecule has 116 valence electrons. The van der Waals surface area contributed by atoms with E-state index in [4.69, 9.17) is 0 Å². The molecule has 1 aromatic carbocycles. The summed E-state index contributed by atoms with van der Waals surface area (Å²) in [6.07, 6.45) is 0.203. The van der Waals surface area contributed by atoms with Gasteiger partial charge in [-0.1, -0.05) is 40.9 Å². The first-order chi connectivity index (χ1) is 9.97. The Kier molecular flexibility index (Phi) is 4.33. The van der Waals surface area contributed by atoms with Crippen LogP contribution in [0.2, 0.25) is 0 Å². The molecule has 0 aliphatic heterocycles. The minimum Gasteiger partial charge on any atom is -0.307 e. The zero-order chi connectivity index (χ0) is 15.0. The summed E-state index contributed by atoms with van der Waals surface area (Å²) in [4.78, 5) is 0. The van der Waals surface area contributed by atoms with Crippen molar-refractivity contribution in [3.63, 3.8) is 0 Å². The Labute approximate surface area is 131 Å². The summed E-state index contributed by atoms with van der Waals surface area (Å²) in [6.45, 7) is 0. The molecule has 5 heteroatoms. The number of alkyl halides is 3. The fourth-order valence-electron chi connectivity index (χ4n) is 3.76. The molecule has 0 bridgehead atoms. The van der Waals surface area contributed by atoms with Gasteiger partial charge in [-0.3, -0.25) is 0 Å². The summed E-state index contributed by atoms with van der Waals surface area (Å²) in [5.74, 6) is -1.19. The van der Waals surface area contributed by atoms with Crippen molar-refractivity contribution in [1.29, 1.82) is 0 Å². The third-order valence-corrected chi connectivity index (χ3v) is 5.56. The van der Waals surface area contributed by atoms with Crippen LogP contribution < -0.4 is 5.32 Å². The zero-order valence-corrected chi connectivity index (χ0v) is 13.3. The van der Waals surface area contributed by atoms with Crippen molar-refractivity contribution in [3.8, 4) is 0 Å². The monoisotopic (exact) mass is 361 g/mol. The first kappa shape index (κ1) is 15.3. The number of hydrogen-bond donors (Lipinski definition) is 1. The van der Waals surface area contributed by atoms with Crippen LogP contribution in [0.3, 0.4) is 0 Å². The second kappa shape index (κ2) is 5.92. The number of rotatable bonds is 2. The van der Waals surface area contributed by atoms with Crippen molar-refractivity contribution in [1.82, 2.24) is 5.32 Å². The van der Waals surface area contributed by atoms with Crippen LogP contribution in [0.1, 0.15) is 49.3 Å². The zero-order valence-electron chi connectivity index (χ0n) is 11.7. The minimum atomic E-state index is -4.09. The van der Waals surface area contributed by atoms with Crippen LogP contribution in [0.15, 0.2) is 22.7 Å². The summed E-state index contributed by atoms with van der Waals surface area (Å²) in [5, 5.41) is 3.32. The van der Waals surface area contributed by atoms with Gasteiger partial charge in [0.2, 0.25) is 0 Å². The molecule has 21 heavy (non-hydrogen) atoms. The van der Waals surface area contributed by atoms with Crippen molar-refractivity contribution in [2.24, 2.45) is 5.92 Å². The average Bonchev–Trinajstić information content (AvgIpc) is 2.83. The predicted octanol–water partition coefficient (Wildman–Crippen LogP) is 5.15. The van der Waals surface area contributed by atoms with Gasteiger partial charge in [-0.15, -0.1) is 0 Å². The van der Waals surface area contributed by atoms with Crippen molar-refractivity contribution >= 4 is 15.9 Å². The molecule has 3 rings (SSSR count). The van der Waals surface area contributed by atoms with Crippen molar-refractivity contribution in [2.45, 2.75) is 56.8 Å². The summed E-state index contributed by atoms with van der Waals surface area (Å²) in [7, 11) is 0. The standard InChI is InChI=1S/C16H19BrF3N/c17-13-6-3-4-11-10(13)8-9-14(11)21-15-7-2-1-5-12(15)16(18,19)20/h3-4,6,12,14-15,21H,1-2,5,7-9H2. The SMILES string of the molecule is FC(F)(F)C1CCCCC1NC1CCc2c(Br)cccc21. The highest BCUT2D eigenvalue weighted by atomic mass is 79.9. The second-order valence-electron chi connectivity index (χ2n) is 6.10. The molecule has 0 heterocycles. The van der Waals surface area contributed by atoms with Gasteiger partial charge in [0, 0.05) is 16.6 Å². The van der Waals surface area contributed by atoms with E-state index >= 15 is 0 Å². The van der Waals surface area contributed by atoms with E-state index in [1.165, 1.54) is 5.56 Å². The normalized spacial score (nSPS) is 29.4. The van der Waals surface area contributed by atoms with E-state index < -0.39 is 18.1 Å². The summed E-state index contributed by atoms with van der Waals surface area (Å²) < 4.78 is 40.6. The van der Waals surface area contributed by atoms with Gasteiger partial charge in [0.25, 0.3) is 0 Å². The molecule has 0 amide bonds. The average molecular weight is 362 g/mol. The van der Waals surface area contributed by atoms with Gasteiger partial charge < -0.3 is 5.32 Å². The molecule has 2 aliphatic rings. The third-order valence-electron chi connectivity index (χ3n) is 4.82. The van der Waals surface area contributed by atoms with Crippen LogP contribution >= 0.6 is 15.9 Å². The molecular weight excluding hydrogens is 343 g/mol. The highest BCUT2D eigenvalue weighted by Crippen LogP contribution is 2.41. The van der Waals surface area contributed by atoms with Crippen LogP contribution in [0.4, 0.5) is 13.2 Å². The maximum absolute atomic E-state index is 13.2. The number of halogens is 4. The van der Waals surface area contributed by atoms with Crippen LogP contribution in [0.25, 0.3) is 0 Å². The molecule has 1 N–H and O–H groups in total. The minimum absolute atomic E-state index is 0.0606. The number of nitrogens with one attached hydrogen (secondary N) is 1. The quantitative estimate of drug-likeness (QED) is 0.768. The molecule has 1 nitrogen and oxygen atoms in total. The van der Waals surface area contributed by atoms with Crippen molar-refractivity contribution in [2.75, 3.05) is 0 Å². The van der Waals surface area contributed by atoms with E-state index in [9.17, 15) is 13.2 Å². The lowest BCUT2D eigenvalue weighted by Gasteiger charge is -2.35. The lowest BCUT2D eigenvalue weighted by molar-refractivity contribution is -0.189. The van der Waals surface area contributed by atoms with E-state index in [0.29, 0.717) is 12.8 Å². The van der Waals surface area contributed by atoms with Gasteiger partial charge in [-0.25, -0.2) is 0 Å². The van der Waals surface area contributed by atoms with Gasteiger partial charge in [0.15, 0.2) is 0 Å². The highest BCUT2D eigenvalue weighted by molar-refractivity contribution is 9.10. The van der Waals surface area contributed by atoms with Gasteiger partial charge in [0.1, 0.15) is 0 Å². The van der Waals surface area contributed by atoms with E-state index in [1.807, 2.05) is 18.2 Å². The Balaban J connectivity index is 1.77. The Hall–Kier alpha value is -0.550. The first-order valence-corrected chi connectivity index (χ1v) is 8.36. The third kappa shape index (κ3) is 3.14. The molecule has 0 radical (unpaired) electrons. The molecule has 0 spiro atoms. The Morgan fingerprint density at radius 3 is 2.62 bits per heavy atom. The maximum Gasteiger partial charge on any atom is 0.393 e. The molecule has 1 aromatic rings. The summed E-state index contributed by atoms with van der Waals surface area (Å²) in [6, 6.07) is 5.63. The number of benzene rings is 1. The summed E-state index contributed by atoms with van der Waals surface area (Å²) >= 11 is 3.54. The number of fused-ring (bicyclic) bond motifs is 1. The smallest absolute Gasteiger partial charge is 0.307 e. The summed E-state index contributed by atoms with van der Waals surface area (Å²) in [5.41, 5.74) is 2.41. The van der Waals surface area contributed by atoms with Gasteiger partial charge >= 0.3 is 6.18 Å². The molecule has 2 aliphatic carbocycles. The molecule has 1 saturated carbocycles. The van der Waals surface area contributed by atoms with E-state index in [-0.39, 0.29) is 12.5 Å². The molecule has 3 atom stereocenters. The van der Waals surface area contributed by atoms with Crippen LogP contribution in [-0.2, 0) is 6.42 Å². The Bertz CT molecular complexity index is 515. The van der Waals surface area contributed by atoms with Gasteiger partial charge in [-0.05, 0) is 42.9 Å². The Morgan fingerprint density at radius 2 is 1.86 bits per heavy atom. The fourth-order valence-corrected chi connectivity index (χ4v) is 4.34. The second-order valence-corrected chi connectivity index (χ2v) is 6.96. The first-order valence-electron chi connectivity index (χ1n) is 7.57. The predicted molar refractivity (Wildman–Crippen MR) is 80.1 cm³/mol. The lowest BCUT2D eigenvalue weighted by Crippen LogP contribution is -2.46. The van der Waals surface area contributed by atoms with Gasteiger partial charge in [0.05, 0.1) is 5.92 Å². The van der Waals surface area contributed by atoms with Crippen LogP contribution in [0, 0.1) is 5.92 Å². The molecular formula is C16H19BrF3N. The molecule has 0 aromatic heterocycles. The van der Waals surface area contributed by atoms with Crippen molar-refractivity contribution < 1.29 is 13.2 Å². The number of hydrogen-bond acceptors (Lipinski definition) is 1. The van der Waals surface area contributed by atoms with E-state index in [2.05, 4.69) is 21.2 Å². The maximum atomic E-state index is 13.2. The lowest BCUT2D eigenvalue weighted by atomic mass is 9.83. The largest absolute Gasteiger partial charge is 0.393 e. The molecule has 0 saturated heterocycles. The van der Waals surface area contributed by atoms with Crippen molar-refractivity contribution in [3.05, 3.63) is 33.8 Å². The highest BCUT2D eigenvalue weighted by Gasteiger charge is 2.46. The van der Waals surface area contributed by atoms with E-state index in [1.54, 1.807) is 0 Å². The topological polar surface area (TPSA) is 12.0 Å². The fraction of sp³-hybridized carbons (Fsp3) is 0.625. The van der Waals surface area contributed by atoms with E-state index in [0.717, 1.165) is 29.3 Å². The Morgan fingerprint density at radius 1 is 1.10 bits per heavy atom. The van der Waals surface area contributed by atoms with Crippen LogP contribution in [0.5, 0.6) is 0 Å². The van der Waals surface area contributed by atoms with Gasteiger partial charge in [-0.2, -0.15) is 13.2 Å². The molecule has 3 unspecified atom stereocenters.